The van der Waals surface area contributed by atoms with Crippen molar-refractivity contribution in [3.05, 3.63) is 42.3 Å². The van der Waals surface area contributed by atoms with E-state index in [1.165, 1.54) is 0 Å². The predicted octanol–water partition coefficient (Wildman–Crippen LogP) is 3.14. The molecule has 2 aromatic rings. The SMILES string of the molecule is CCC(CC)C(CNC(=O)Cc1coc(-c2ccccc2)n1)N1CCOCC1. The first-order valence-corrected chi connectivity index (χ1v) is 10.3. The van der Waals surface area contributed by atoms with Gasteiger partial charge in [0.2, 0.25) is 11.8 Å². The molecule has 1 saturated heterocycles. The Hall–Kier alpha value is -2.18. The Balaban J connectivity index is 1.56. The molecule has 2 heterocycles. The summed E-state index contributed by atoms with van der Waals surface area (Å²) in [6.45, 7) is 8.52. The molecule has 1 unspecified atom stereocenters. The number of oxazole rings is 1. The van der Waals surface area contributed by atoms with Crippen LogP contribution in [0.4, 0.5) is 0 Å². The van der Waals surface area contributed by atoms with Crippen molar-refractivity contribution in [1.29, 1.82) is 0 Å². The van der Waals surface area contributed by atoms with Gasteiger partial charge in [0.1, 0.15) is 6.26 Å². The summed E-state index contributed by atoms with van der Waals surface area (Å²) in [5.74, 6) is 1.10. The van der Waals surface area contributed by atoms with Crippen molar-refractivity contribution in [1.82, 2.24) is 15.2 Å². The average molecular weight is 386 g/mol. The minimum atomic E-state index is -0.0165. The summed E-state index contributed by atoms with van der Waals surface area (Å²) >= 11 is 0. The molecular weight excluding hydrogens is 354 g/mol. The summed E-state index contributed by atoms with van der Waals surface area (Å²) in [4.78, 5) is 19.4. The first-order valence-electron chi connectivity index (χ1n) is 10.3. The molecule has 0 saturated carbocycles. The summed E-state index contributed by atoms with van der Waals surface area (Å²) in [6, 6.07) is 10.1. The molecule has 1 aliphatic heterocycles. The Morgan fingerprint density at radius 1 is 1.18 bits per heavy atom. The number of nitrogens with zero attached hydrogens (tertiary/aromatic N) is 2. The first-order chi connectivity index (χ1) is 13.7. The first kappa shape index (κ1) is 20.6. The molecule has 1 aliphatic rings. The Morgan fingerprint density at radius 3 is 2.57 bits per heavy atom. The predicted molar refractivity (Wildman–Crippen MR) is 109 cm³/mol. The number of morpholine rings is 1. The van der Waals surface area contributed by atoms with Crippen LogP contribution in [-0.4, -0.2) is 54.7 Å². The van der Waals surface area contributed by atoms with Crippen LogP contribution in [0.1, 0.15) is 32.4 Å². The van der Waals surface area contributed by atoms with E-state index >= 15 is 0 Å². The van der Waals surface area contributed by atoms with E-state index in [2.05, 4.69) is 29.0 Å². The molecule has 1 N–H and O–H groups in total. The van der Waals surface area contributed by atoms with Crippen LogP contribution in [0.15, 0.2) is 41.0 Å². The van der Waals surface area contributed by atoms with E-state index in [4.69, 9.17) is 9.15 Å². The molecule has 152 valence electrons. The lowest BCUT2D eigenvalue weighted by Gasteiger charge is -2.38. The average Bonchev–Trinajstić information content (AvgIpc) is 3.21. The third kappa shape index (κ3) is 5.42. The van der Waals surface area contributed by atoms with E-state index in [0.29, 0.717) is 30.1 Å². The van der Waals surface area contributed by atoms with Crippen LogP contribution >= 0.6 is 0 Å². The van der Waals surface area contributed by atoms with Gasteiger partial charge in [-0.15, -0.1) is 0 Å². The highest BCUT2D eigenvalue weighted by Crippen LogP contribution is 2.20. The molecule has 1 aromatic carbocycles. The van der Waals surface area contributed by atoms with Crippen molar-refractivity contribution in [2.45, 2.75) is 39.2 Å². The van der Waals surface area contributed by atoms with Crippen molar-refractivity contribution in [2.75, 3.05) is 32.8 Å². The lowest BCUT2D eigenvalue weighted by Crippen LogP contribution is -2.52. The van der Waals surface area contributed by atoms with Gasteiger partial charge >= 0.3 is 0 Å². The van der Waals surface area contributed by atoms with E-state index in [9.17, 15) is 4.79 Å². The molecule has 28 heavy (non-hydrogen) atoms. The molecule has 1 atom stereocenters. The summed E-state index contributed by atoms with van der Waals surface area (Å²) in [7, 11) is 0. The number of hydrogen-bond donors (Lipinski definition) is 1. The number of carbonyl (C=O) groups excluding carboxylic acids is 1. The third-order valence-corrected chi connectivity index (χ3v) is 5.53. The zero-order valence-corrected chi connectivity index (χ0v) is 16.9. The minimum absolute atomic E-state index is 0.0165. The van der Waals surface area contributed by atoms with Gasteiger partial charge in [0, 0.05) is 31.2 Å². The fourth-order valence-electron chi connectivity index (χ4n) is 3.88. The molecule has 6 heteroatoms. The molecule has 3 rings (SSSR count). The second-order valence-electron chi connectivity index (χ2n) is 7.28. The van der Waals surface area contributed by atoms with Gasteiger partial charge in [-0.05, 0) is 18.1 Å². The van der Waals surface area contributed by atoms with Crippen molar-refractivity contribution in [3.63, 3.8) is 0 Å². The Labute approximate surface area is 167 Å². The van der Waals surface area contributed by atoms with Crippen LogP contribution < -0.4 is 5.32 Å². The number of aromatic nitrogens is 1. The van der Waals surface area contributed by atoms with Crippen LogP contribution in [-0.2, 0) is 16.0 Å². The second-order valence-corrected chi connectivity index (χ2v) is 7.28. The molecule has 0 radical (unpaired) electrons. The molecule has 1 amide bonds. The van der Waals surface area contributed by atoms with Crippen LogP contribution in [0, 0.1) is 5.92 Å². The van der Waals surface area contributed by atoms with E-state index in [1.54, 1.807) is 6.26 Å². The standard InChI is InChI=1S/C22H31N3O3/c1-3-17(4-2)20(25-10-12-27-13-11-25)15-23-21(26)14-19-16-28-22(24-19)18-8-6-5-7-9-18/h5-9,16-17,20H,3-4,10-15H2,1-2H3,(H,23,26). The molecule has 0 spiro atoms. The monoisotopic (exact) mass is 385 g/mol. The van der Waals surface area contributed by atoms with Gasteiger partial charge in [0.15, 0.2) is 0 Å². The number of ether oxygens (including phenoxy) is 1. The topological polar surface area (TPSA) is 67.6 Å². The van der Waals surface area contributed by atoms with Crippen molar-refractivity contribution in [3.8, 4) is 11.5 Å². The van der Waals surface area contributed by atoms with E-state index in [1.807, 2.05) is 30.3 Å². The van der Waals surface area contributed by atoms with E-state index in [0.717, 1.165) is 44.7 Å². The van der Waals surface area contributed by atoms with Gasteiger partial charge in [-0.25, -0.2) is 4.98 Å². The van der Waals surface area contributed by atoms with Gasteiger partial charge in [0.05, 0.1) is 25.3 Å². The molecule has 1 fully saturated rings. The van der Waals surface area contributed by atoms with Gasteiger partial charge < -0.3 is 14.5 Å². The van der Waals surface area contributed by atoms with E-state index in [-0.39, 0.29) is 12.3 Å². The number of hydrogen-bond acceptors (Lipinski definition) is 5. The number of amides is 1. The van der Waals surface area contributed by atoms with Crippen LogP contribution in [0.25, 0.3) is 11.5 Å². The zero-order valence-electron chi connectivity index (χ0n) is 16.9. The Morgan fingerprint density at radius 2 is 1.89 bits per heavy atom. The largest absolute Gasteiger partial charge is 0.444 e. The van der Waals surface area contributed by atoms with Gasteiger partial charge in [-0.1, -0.05) is 44.9 Å². The number of rotatable bonds is 9. The van der Waals surface area contributed by atoms with Crippen molar-refractivity contribution < 1.29 is 13.9 Å². The lowest BCUT2D eigenvalue weighted by molar-refractivity contribution is -0.121. The van der Waals surface area contributed by atoms with Gasteiger partial charge in [-0.2, -0.15) is 0 Å². The molecule has 0 aliphatic carbocycles. The van der Waals surface area contributed by atoms with Crippen LogP contribution in [0.3, 0.4) is 0 Å². The third-order valence-electron chi connectivity index (χ3n) is 5.53. The molecule has 1 aromatic heterocycles. The highest BCUT2D eigenvalue weighted by atomic mass is 16.5. The van der Waals surface area contributed by atoms with E-state index < -0.39 is 0 Å². The number of benzene rings is 1. The number of carbonyl (C=O) groups is 1. The zero-order chi connectivity index (χ0) is 19.8. The summed E-state index contributed by atoms with van der Waals surface area (Å²) in [5.41, 5.74) is 1.57. The fourth-order valence-corrected chi connectivity index (χ4v) is 3.88. The van der Waals surface area contributed by atoms with Gasteiger partial charge in [-0.3, -0.25) is 9.69 Å². The summed E-state index contributed by atoms with van der Waals surface area (Å²) < 4.78 is 11.0. The molecule has 0 bridgehead atoms. The van der Waals surface area contributed by atoms with Crippen molar-refractivity contribution in [2.24, 2.45) is 5.92 Å². The van der Waals surface area contributed by atoms with Crippen LogP contribution in [0.2, 0.25) is 0 Å². The maximum Gasteiger partial charge on any atom is 0.226 e. The second kappa shape index (κ2) is 10.4. The highest BCUT2D eigenvalue weighted by Gasteiger charge is 2.27. The maximum absolute atomic E-state index is 12.5. The Kier molecular flexibility index (Phi) is 7.62. The highest BCUT2D eigenvalue weighted by molar-refractivity contribution is 5.78. The molecule has 6 nitrogen and oxygen atoms in total. The Bertz CT molecular complexity index is 722. The summed E-state index contributed by atoms with van der Waals surface area (Å²) in [6.07, 6.45) is 4.02. The van der Waals surface area contributed by atoms with Crippen LogP contribution in [0.5, 0.6) is 0 Å². The fraction of sp³-hybridized carbons (Fsp3) is 0.545. The summed E-state index contributed by atoms with van der Waals surface area (Å²) in [5, 5.41) is 3.12. The minimum Gasteiger partial charge on any atom is -0.444 e. The number of nitrogens with one attached hydrogen (secondary N) is 1. The normalized spacial score (nSPS) is 16.2. The quantitative estimate of drug-likeness (QED) is 0.718. The van der Waals surface area contributed by atoms with Crippen molar-refractivity contribution >= 4 is 5.91 Å². The maximum atomic E-state index is 12.5. The lowest BCUT2D eigenvalue weighted by atomic mass is 9.92. The molecular formula is C22H31N3O3. The smallest absolute Gasteiger partial charge is 0.226 e. The van der Waals surface area contributed by atoms with Gasteiger partial charge in [0.25, 0.3) is 0 Å².